The summed E-state index contributed by atoms with van der Waals surface area (Å²) < 4.78 is 6.72. The minimum Gasteiger partial charge on any atom is -0.379 e. The van der Waals surface area contributed by atoms with Crippen LogP contribution in [0.2, 0.25) is 0 Å². The maximum atomic E-state index is 12.4. The van der Waals surface area contributed by atoms with Crippen molar-refractivity contribution in [2.75, 3.05) is 31.6 Å². The number of amides is 1. The van der Waals surface area contributed by atoms with Crippen LogP contribution < -0.4 is 5.32 Å². The molecule has 1 aliphatic heterocycles. The summed E-state index contributed by atoms with van der Waals surface area (Å²) in [6.45, 7) is 7.16. The number of morpholine rings is 1. The Kier molecular flexibility index (Phi) is 5.82. The Morgan fingerprint density at radius 1 is 1.33 bits per heavy atom. The van der Waals surface area contributed by atoms with Gasteiger partial charge in [-0.3, -0.25) is 24.5 Å². The lowest BCUT2D eigenvalue weighted by Gasteiger charge is -2.26. The first-order valence-electron chi connectivity index (χ1n) is 8.81. The number of carbonyl (C=O) groups is 1. The number of aryl methyl sites for hydroxylation is 1. The van der Waals surface area contributed by atoms with Gasteiger partial charge in [-0.25, -0.2) is 0 Å². The predicted octanol–water partition coefficient (Wildman–Crippen LogP) is 1.88. The molecular weight excluding hydrogens is 350 g/mol. The summed E-state index contributed by atoms with van der Waals surface area (Å²) in [6, 6.07) is 7.69. The molecule has 1 amide bonds. The Morgan fingerprint density at radius 2 is 2.07 bits per heavy atom. The highest BCUT2D eigenvalue weighted by Crippen LogP contribution is 2.21. The van der Waals surface area contributed by atoms with E-state index in [0.717, 1.165) is 38.4 Å². The molecule has 9 heteroatoms. The van der Waals surface area contributed by atoms with Gasteiger partial charge in [-0.2, -0.15) is 5.10 Å². The van der Waals surface area contributed by atoms with Crippen LogP contribution in [-0.2, 0) is 22.6 Å². The van der Waals surface area contributed by atoms with E-state index >= 15 is 0 Å². The number of nitrogens with one attached hydrogen (secondary N) is 1. The smallest absolute Gasteiger partial charge is 0.312 e. The molecule has 1 aromatic heterocycles. The lowest BCUT2D eigenvalue weighted by atomic mass is 10.2. The number of carbonyl (C=O) groups excluding carboxylic acids is 1. The average Bonchev–Trinajstić information content (AvgIpc) is 2.89. The van der Waals surface area contributed by atoms with E-state index in [2.05, 4.69) is 15.3 Å². The molecule has 144 valence electrons. The van der Waals surface area contributed by atoms with E-state index in [4.69, 9.17) is 4.74 Å². The first-order chi connectivity index (χ1) is 12.9. The molecule has 1 saturated heterocycles. The SMILES string of the molecule is Cc1nn(CC(=O)Nc2cccc(CN3CCOCC3)c2)c(C)c1[N+](=O)[O-]. The van der Waals surface area contributed by atoms with Crippen LogP contribution in [0.4, 0.5) is 11.4 Å². The van der Waals surface area contributed by atoms with Crippen molar-refractivity contribution in [2.45, 2.75) is 26.9 Å². The monoisotopic (exact) mass is 373 g/mol. The highest BCUT2D eigenvalue weighted by atomic mass is 16.6. The van der Waals surface area contributed by atoms with Crippen LogP contribution in [0.1, 0.15) is 17.0 Å². The number of hydrogen-bond donors (Lipinski definition) is 1. The second-order valence-corrected chi connectivity index (χ2v) is 6.57. The van der Waals surface area contributed by atoms with E-state index in [1.54, 1.807) is 13.8 Å². The molecule has 9 nitrogen and oxygen atoms in total. The first kappa shape index (κ1) is 19.0. The van der Waals surface area contributed by atoms with Crippen LogP contribution >= 0.6 is 0 Å². The second kappa shape index (κ2) is 8.28. The number of aromatic nitrogens is 2. The zero-order valence-corrected chi connectivity index (χ0v) is 15.5. The number of nitro groups is 1. The molecule has 27 heavy (non-hydrogen) atoms. The molecule has 3 rings (SSSR count). The maximum Gasteiger partial charge on any atom is 0.312 e. The first-order valence-corrected chi connectivity index (χ1v) is 8.81. The van der Waals surface area contributed by atoms with Crippen LogP contribution in [-0.4, -0.2) is 51.8 Å². The van der Waals surface area contributed by atoms with Gasteiger partial charge in [0.2, 0.25) is 5.91 Å². The van der Waals surface area contributed by atoms with Gasteiger partial charge in [-0.15, -0.1) is 0 Å². The minimum atomic E-state index is -0.471. The third kappa shape index (κ3) is 4.69. The van der Waals surface area contributed by atoms with Crippen molar-refractivity contribution < 1.29 is 14.5 Å². The Morgan fingerprint density at radius 3 is 2.74 bits per heavy atom. The van der Waals surface area contributed by atoms with Crippen molar-refractivity contribution in [2.24, 2.45) is 0 Å². The lowest BCUT2D eigenvalue weighted by Crippen LogP contribution is -2.35. The van der Waals surface area contributed by atoms with Crippen LogP contribution in [0.25, 0.3) is 0 Å². The van der Waals surface area contributed by atoms with E-state index in [-0.39, 0.29) is 18.1 Å². The molecule has 0 unspecified atom stereocenters. The molecule has 1 aromatic carbocycles. The topological polar surface area (TPSA) is 103 Å². The zero-order chi connectivity index (χ0) is 19.4. The Bertz CT molecular complexity index is 842. The maximum absolute atomic E-state index is 12.4. The van der Waals surface area contributed by atoms with Crippen molar-refractivity contribution in [1.29, 1.82) is 0 Å². The number of anilines is 1. The molecule has 0 atom stereocenters. The van der Waals surface area contributed by atoms with Gasteiger partial charge in [0, 0.05) is 25.3 Å². The molecule has 0 saturated carbocycles. The lowest BCUT2D eigenvalue weighted by molar-refractivity contribution is -0.386. The van der Waals surface area contributed by atoms with Gasteiger partial charge in [0.25, 0.3) is 0 Å². The molecule has 0 aliphatic carbocycles. The summed E-state index contributed by atoms with van der Waals surface area (Å²) in [5, 5.41) is 18.0. The average molecular weight is 373 g/mol. The normalized spacial score (nSPS) is 14.9. The number of ether oxygens (including phenoxy) is 1. The summed E-state index contributed by atoms with van der Waals surface area (Å²) in [7, 11) is 0. The highest BCUT2D eigenvalue weighted by Gasteiger charge is 2.22. The number of rotatable bonds is 6. The molecule has 2 heterocycles. The van der Waals surface area contributed by atoms with Crippen LogP contribution in [0.15, 0.2) is 24.3 Å². The van der Waals surface area contributed by atoms with Crippen molar-refractivity contribution in [1.82, 2.24) is 14.7 Å². The van der Waals surface area contributed by atoms with Gasteiger partial charge in [-0.05, 0) is 31.5 Å². The molecule has 0 spiro atoms. The quantitative estimate of drug-likeness (QED) is 0.613. The molecule has 1 aliphatic rings. The minimum absolute atomic E-state index is 0.0460. The molecule has 1 N–H and O–H groups in total. The predicted molar refractivity (Wildman–Crippen MR) is 99.5 cm³/mol. The van der Waals surface area contributed by atoms with E-state index in [1.165, 1.54) is 4.68 Å². The van der Waals surface area contributed by atoms with Gasteiger partial charge in [0.15, 0.2) is 0 Å². The van der Waals surface area contributed by atoms with Crippen molar-refractivity contribution in [3.8, 4) is 0 Å². The van der Waals surface area contributed by atoms with E-state index in [0.29, 0.717) is 17.1 Å². The van der Waals surface area contributed by atoms with E-state index in [9.17, 15) is 14.9 Å². The van der Waals surface area contributed by atoms with E-state index in [1.807, 2.05) is 24.3 Å². The fourth-order valence-corrected chi connectivity index (χ4v) is 3.21. The largest absolute Gasteiger partial charge is 0.379 e. The standard InChI is InChI=1S/C18H23N5O4/c1-13-18(23(25)26)14(2)22(20-13)12-17(24)19-16-5-3-4-15(10-16)11-21-6-8-27-9-7-21/h3-5,10H,6-9,11-12H2,1-2H3,(H,19,24). The third-order valence-corrected chi connectivity index (χ3v) is 4.54. The number of nitrogens with zero attached hydrogens (tertiary/aromatic N) is 4. The van der Waals surface area contributed by atoms with Gasteiger partial charge in [0.1, 0.15) is 17.9 Å². The van der Waals surface area contributed by atoms with Crippen molar-refractivity contribution in [3.63, 3.8) is 0 Å². The Hall–Kier alpha value is -2.78. The molecule has 0 radical (unpaired) electrons. The summed E-state index contributed by atoms with van der Waals surface area (Å²) in [6.07, 6.45) is 0. The van der Waals surface area contributed by atoms with Gasteiger partial charge < -0.3 is 10.1 Å². The van der Waals surface area contributed by atoms with Crippen LogP contribution in [0.3, 0.4) is 0 Å². The fraction of sp³-hybridized carbons (Fsp3) is 0.444. The highest BCUT2D eigenvalue weighted by molar-refractivity contribution is 5.90. The van der Waals surface area contributed by atoms with Gasteiger partial charge in [-0.1, -0.05) is 12.1 Å². The summed E-state index contributed by atoms with van der Waals surface area (Å²) in [4.78, 5) is 25.3. The summed E-state index contributed by atoms with van der Waals surface area (Å²) in [5.41, 5.74) is 2.43. The Balaban J connectivity index is 1.63. The molecule has 1 fully saturated rings. The number of hydrogen-bond acceptors (Lipinski definition) is 6. The van der Waals surface area contributed by atoms with Crippen LogP contribution in [0, 0.1) is 24.0 Å². The zero-order valence-electron chi connectivity index (χ0n) is 15.5. The summed E-state index contributed by atoms with van der Waals surface area (Å²) in [5.74, 6) is -0.279. The molecule has 0 bridgehead atoms. The van der Waals surface area contributed by atoms with Crippen molar-refractivity contribution in [3.05, 3.63) is 51.3 Å². The van der Waals surface area contributed by atoms with Crippen LogP contribution in [0.5, 0.6) is 0 Å². The van der Waals surface area contributed by atoms with Gasteiger partial charge >= 0.3 is 5.69 Å². The van der Waals surface area contributed by atoms with Crippen molar-refractivity contribution >= 4 is 17.3 Å². The van der Waals surface area contributed by atoms with E-state index < -0.39 is 4.92 Å². The summed E-state index contributed by atoms with van der Waals surface area (Å²) >= 11 is 0. The molecule has 2 aromatic rings. The Labute approximate surface area is 157 Å². The van der Waals surface area contributed by atoms with Gasteiger partial charge in [0.05, 0.1) is 18.1 Å². The third-order valence-electron chi connectivity index (χ3n) is 4.54. The second-order valence-electron chi connectivity index (χ2n) is 6.57. The fourth-order valence-electron chi connectivity index (χ4n) is 3.21. The molecular formula is C18H23N5O4. The number of benzene rings is 1.